The molecule has 0 fully saturated rings. The first kappa shape index (κ1) is 6.78. The van der Waals surface area contributed by atoms with E-state index in [1.54, 1.807) is 12.3 Å². The first-order valence-corrected chi connectivity index (χ1v) is 3.38. The molecule has 2 aromatic heterocycles. The molecule has 0 aliphatic carbocycles. The molecule has 0 radical (unpaired) electrons. The quantitative estimate of drug-likeness (QED) is 0.369. The van der Waals surface area contributed by atoms with Crippen molar-refractivity contribution in [2.24, 2.45) is 5.16 Å². The number of nitrogens with one attached hydrogen (secondary N) is 1. The molecule has 5 heteroatoms. The zero-order chi connectivity index (χ0) is 8.39. The van der Waals surface area contributed by atoms with Gasteiger partial charge in [0.2, 0.25) is 0 Å². The highest BCUT2D eigenvalue weighted by molar-refractivity contribution is 5.81. The molecule has 2 rings (SSSR count). The van der Waals surface area contributed by atoms with Crippen LogP contribution in [0.3, 0.4) is 0 Å². The Balaban J connectivity index is 2.62. The molecule has 0 saturated heterocycles. The summed E-state index contributed by atoms with van der Waals surface area (Å²) < 4.78 is 0. The third kappa shape index (κ3) is 1.01. The summed E-state index contributed by atoms with van der Waals surface area (Å²) in [6, 6.07) is 3.66. The van der Waals surface area contributed by atoms with Gasteiger partial charge < -0.3 is 10.2 Å². The van der Waals surface area contributed by atoms with Crippen molar-refractivity contribution in [3.8, 4) is 0 Å². The first-order chi connectivity index (χ1) is 5.90. The number of aromatic amines is 1. The maximum atomic E-state index is 8.23. The van der Waals surface area contributed by atoms with Crippen LogP contribution in [0.2, 0.25) is 0 Å². The van der Waals surface area contributed by atoms with Crippen molar-refractivity contribution >= 4 is 17.4 Å². The molecule has 12 heavy (non-hydrogen) atoms. The van der Waals surface area contributed by atoms with Gasteiger partial charge in [-0.25, -0.2) is 9.97 Å². The Hall–Kier alpha value is -1.91. The molecule has 5 nitrogen and oxygen atoms in total. The summed E-state index contributed by atoms with van der Waals surface area (Å²) in [5.41, 5.74) is 1.44. The lowest BCUT2D eigenvalue weighted by atomic mass is 10.4. The van der Waals surface area contributed by atoms with Crippen LogP contribution in [0.15, 0.2) is 23.5 Å². The van der Waals surface area contributed by atoms with Crippen LogP contribution in [0.4, 0.5) is 0 Å². The van der Waals surface area contributed by atoms with Gasteiger partial charge in [-0.1, -0.05) is 5.16 Å². The number of imidazole rings is 1. The summed E-state index contributed by atoms with van der Waals surface area (Å²) in [5, 5.41) is 11.1. The fourth-order valence-corrected chi connectivity index (χ4v) is 0.979. The van der Waals surface area contributed by atoms with Gasteiger partial charge in [0, 0.05) is 6.20 Å². The van der Waals surface area contributed by atoms with E-state index in [1.165, 1.54) is 6.21 Å². The Bertz CT molecular complexity index is 387. The number of oxime groups is 1. The van der Waals surface area contributed by atoms with Gasteiger partial charge in [0.25, 0.3) is 0 Å². The number of H-pyrrole nitrogens is 1. The predicted molar refractivity (Wildman–Crippen MR) is 43.3 cm³/mol. The van der Waals surface area contributed by atoms with Crippen molar-refractivity contribution in [3.63, 3.8) is 0 Å². The van der Waals surface area contributed by atoms with E-state index < -0.39 is 0 Å². The van der Waals surface area contributed by atoms with Crippen LogP contribution in [0.25, 0.3) is 11.2 Å². The number of hydrogen-bond acceptors (Lipinski definition) is 4. The van der Waals surface area contributed by atoms with Crippen molar-refractivity contribution in [1.29, 1.82) is 0 Å². The van der Waals surface area contributed by atoms with E-state index in [1.807, 2.05) is 6.07 Å². The standard InChI is InChI=1S/C7H6N4O/c12-9-4-6-10-5-2-1-3-8-7(5)11-6/h1-4,12H,(H,8,10,11)/b9-4+. The molecule has 2 aromatic rings. The summed E-state index contributed by atoms with van der Waals surface area (Å²) in [6.45, 7) is 0. The highest BCUT2D eigenvalue weighted by Gasteiger charge is 1.98. The number of fused-ring (bicyclic) bond motifs is 1. The molecule has 0 saturated carbocycles. The van der Waals surface area contributed by atoms with E-state index in [9.17, 15) is 0 Å². The van der Waals surface area contributed by atoms with Gasteiger partial charge in [0.05, 0.1) is 5.52 Å². The Labute approximate surface area is 67.8 Å². The Morgan fingerprint density at radius 1 is 1.58 bits per heavy atom. The Morgan fingerprint density at radius 2 is 2.50 bits per heavy atom. The highest BCUT2D eigenvalue weighted by atomic mass is 16.4. The van der Waals surface area contributed by atoms with Crippen LogP contribution < -0.4 is 0 Å². The third-order valence-corrected chi connectivity index (χ3v) is 1.46. The lowest BCUT2D eigenvalue weighted by molar-refractivity contribution is 0.321. The molecule has 0 aliphatic rings. The second kappa shape index (κ2) is 2.61. The summed E-state index contributed by atoms with van der Waals surface area (Å²) in [6.07, 6.45) is 2.88. The summed E-state index contributed by atoms with van der Waals surface area (Å²) in [7, 11) is 0. The molecule has 0 amide bonds. The number of aromatic nitrogens is 3. The number of nitrogens with zero attached hydrogens (tertiary/aromatic N) is 3. The first-order valence-electron chi connectivity index (χ1n) is 3.38. The van der Waals surface area contributed by atoms with E-state index in [0.29, 0.717) is 11.5 Å². The minimum atomic E-state index is 0.492. The average Bonchev–Trinajstić information content (AvgIpc) is 2.47. The van der Waals surface area contributed by atoms with Gasteiger partial charge in [-0.2, -0.15) is 0 Å². The van der Waals surface area contributed by atoms with E-state index in [2.05, 4.69) is 20.1 Å². The number of rotatable bonds is 1. The summed E-state index contributed by atoms with van der Waals surface area (Å²) >= 11 is 0. The zero-order valence-electron chi connectivity index (χ0n) is 6.10. The monoisotopic (exact) mass is 162 g/mol. The number of pyridine rings is 1. The Kier molecular flexibility index (Phi) is 1.48. The summed E-state index contributed by atoms with van der Waals surface area (Å²) in [5.74, 6) is 0.492. The topological polar surface area (TPSA) is 74.2 Å². The van der Waals surface area contributed by atoms with Gasteiger partial charge in [0.1, 0.15) is 6.21 Å². The fourth-order valence-electron chi connectivity index (χ4n) is 0.979. The molecule has 60 valence electrons. The van der Waals surface area contributed by atoms with Crippen molar-refractivity contribution in [3.05, 3.63) is 24.2 Å². The van der Waals surface area contributed by atoms with E-state index in [0.717, 1.165) is 5.52 Å². The minimum Gasteiger partial charge on any atom is -0.411 e. The lowest BCUT2D eigenvalue weighted by Gasteiger charge is -1.80. The molecule has 0 atom stereocenters. The normalized spacial score (nSPS) is 11.3. The minimum absolute atomic E-state index is 0.492. The zero-order valence-corrected chi connectivity index (χ0v) is 6.10. The van der Waals surface area contributed by atoms with Crippen molar-refractivity contribution in [2.75, 3.05) is 0 Å². The second-order valence-electron chi connectivity index (χ2n) is 2.24. The average molecular weight is 162 g/mol. The summed E-state index contributed by atoms with van der Waals surface area (Å²) in [4.78, 5) is 10.9. The molecule has 2 N–H and O–H groups in total. The van der Waals surface area contributed by atoms with E-state index in [4.69, 9.17) is 5.21 Å². The van der Waals surface area contributed by atoms with Crippen LogP contribution in [0, 0.1) is 0 Å². The van der Waals surface area contributed by atoms with Crippen molar-refractivity contribution in [2.45, 2.75) is 0 Å². The molecular formula is C7H6N4O. The molecule has 0 bridgehead atoms. The maximum absolute atomic E-state index is 8.23. The number of hydrogen-bond donors (Lipinski definition) is 2. The fraction of sp³-hybridized carbons (Fsp3) is 0. The van der Waals surface area contributed by atoms with E-state index in [-0.39, 0.29) is 0 Å². The highest BCUT2D eigenvalue weighted by Crippen LogP contribution is 2.05. The molecular weight excluding hydrogens is 156 g/mol. The van der Waals surface area contributed by atoms with Crippen molar-refractivity contribution < 1.29 is 5.21 Å². The van der Waals surface area contributed by atoms with Gasteiger partial charge in [-0.05, 0) is 12.1 Å². The van der Waals surface area contributed by atoms with Crippen LogP contribution in [0.5, 0.6) is 0 Å². The van der Waals surface area contributed by atoms with Gasteiger partial charge in [-0.3, -0.25) is 0 Å². The SMILES string of the molecule is O/N=C/c1nc2ncccc2[nH]1. The van der Waals surface area contributed by atoms with Crippen LogP contribution in [-0.4, -0.2) is 26.4 Å². The largest absolute Gasteiger partial charge is 0.411 e. The molecule has 0 spiro atoms. The lowest BCUT2D eigenvalue weighted by Crippen LogP contribution is -1.82. The second-order valence-corrected chi connectivity index (χ2v) is 2.24. The van der Waals surface area contributed by atoms with Gasteiger partial charge in [0.15, 0.2) is 11.5 Å². The molecule has 0 unspecified atom stereocenters. The molecule has 2 heterocycles. The maximum Gasteiger partial charge on any atom is 0.178 e. The smallest absolute Gasteiger partial charge is 0.178 e. The molecule has 0 aliphatic heterocycles. The van der Waals surface area contributed by atoms with Crippen LogP contribution in [-0.2, 0) is 0 Å². The van der Waals surface area contributed by atoms with Crippen LogP contribution in [0.1, 0.15) is 5.82 Å². The predicted octanol–water partition coefficient (Wildman–Crippen LogP) is 0.766. The van der Waals surface area contributed by atoms with Crippen LogP contribution >= 0.6 is 0 Å². The Morgan fingerprint density at radius 3 is 3.25 bits per heavy atom. The van der Waals surface area contributed by atoms with Gasteiger partial charge in [-0.15, -0.1) is 0 Å². The molecule has 0 aromatic carbocycles. The van der Waals surface area contributed by atoms with Gasteiger partial charge >= 0.3 is 0 Å². The van der Waals surface area contributed by atoms with Crippen molar-refractivity contribution in [1.82, 2.24) is 15.0 Å². The van der Waals surface area contributed by atoms with E-state index >= 15 is 0 Å². The third-order valence-electron chi connectivity index (χ3n) is 1.46.